The predicted octanol–water partition coefficient (Wildman–Crippen LogP) is 2.98. The number of amides is 1. The monoisotopic (exact) mass is 286 g/mol. The molecule has 0 radical (unpaired) electrons. The molecule has 0 saturated carbocycles. The molecule has 0 aliphatic carbocycles. The van der Waals surface area contributed by atoms with Gasteiger partial charge in [-0.15, -0.1) is 0 Å². The molecule has 0 spiro atoms. The lowest BCUT2D eigenvalue weighted by molar-refractivity contribution is -0.117. The molecule has 20 heavy (non-hydrogen) atoms. The zero-order valence-corrected chi connectivity index (χ0v) is 11.7. The van der Waals surface area contributed by atoms with Gasteiger partial charge in [0.15, 0.2) is 0 Å². The zero-order chi connectivity index (χ0) is 13.9. The van der Waals surface area contributed by atoms with E-state index >= 15 is 0 Å². The zero-order valence-electron chi connectivity index (χ0n) is 11.0. The number of carbonyl (C=O) groups is 1. The van der Waals surface area contributed by atoms with Gasteiger partial charge in [-0.25, -0.2) is 0 Å². The molecule has 3 rings (SSSR count). The Morgan fingerprint density at radius 3 is 2.65 bits per heavy atom. The van der Waals surface area contributed by atoms with Crippen LogP contribution in [-0.4, -0.2) is 12.5 Å². The SMILES string of the molecule is O=C1CNCc2ccccc2N1Cc1ccccc1Cl. The molecule has 3 nitrogen and oxygen atoms in total. The number of nitrogens with zero attached hydrogens (tertiary/aromatic N) is 1. The van der Waals surface area contributed by atoms with Crippen LogP contribution in [0.5, 0.6) is 0 Å². The Bertz CT molecular complexity index is 642. The van der Waals surface area contributed by atoms with Gasteiger partial charge in [0.2, 0.25) is 5.91 Å². The second kappa shape index (κ2) is 5.65. The fourth-order valence-corrected chi connectivity index (χ4v) is 2.62. The first-order valence-corrected chi connectivity index (χ1v) is 6.96. The fraction of sp³-hybridized carbons (Fsp3) is 0.188. The van der Waals surface area contributed by atoms with Crippen LogP contribution in [0.15, 0.2) is 48.5 Å². The Morgan fingerprint density at radius 2 is 1.80 bits per heavy atom. The lowest BCUT2D eigenvalue weighted by atomic mass is 10.1. The number of fused-ring (bicyclic) bond motifs is 1. The number of para-hydroxylation sites is 1. The standard InChI is InChI=1S/C16H15ClN2O/c17-14-7-3-1-6-13(14)11-19-15-8-4-2-5-12(15)9-18-10-16(19)20/h1-8,18H,9-11H2. The molecule has 102 valence electrons. The van der Waals surface area contributed by atoms with Crippen LogP contribution in [0.25, 0.3) is 0 Å². The number of carbonyl (C=O) groups excluding carboxylic acids is 1. The maximum Gasteiger partial charge on any atom is 0.241 e. The van der Waals surface area contributed by atoms with Crippen molar-refractivity contribution in [2.24, 2.45) is 0 Å². The van der Waals surface area contributed by atoms with Gasteiger partial charge in [-0.05, 0) is 23.3 Å². The highest BCUT2D eigenvalue weighted by atomic mass is 35.5. The average molecular weight is 287 g/mol. The number of benzene rings is 2. The molecule has 0 aromatic heterocycles. The third kappa shape index (κ3) is 2.55. The number of halogens is 1. The van der Waals surface area contributed by atoms with E-state index in [1.807, 2.05) is 48.5 Å². The minimum atomic E-state index is 0.0647. The Kier molecular flexibility index (Phi) is 3.72. The molecule has 0 atom stereocenters. The molecule has 0 fully saturated rings. The third-order valence-electron chi connectivity index (χ3n) is 3.46. The van der Waals surface area contributed by atoms with E-state index in [0.717, 1.165) is 16.8 Å². The van der Waals surface area contributed by atoms with Gasteiger partial charge in [0.25, 0.3) is 0 Å². The van der Waals surface area contributed by atoms with Crippen LogP contribution in [0.3, 0.4) is 0 Å². The predicted molar refractivity (Wildman–Crippen MR) is 80.8 cm³/mol. The number of anilines is 1. The normalized spacial score (nSPS) is 14.8. The van der Waals surface area contributed by atoms with Gasteiger partial charge in [0, 0.05) is 17.3 Å². The van der Waals surface area contributed by atoms with Crippen molar-refractivity contribution in [3.05, 3.63) is 64.7 Å². The minimum Gasteiger partial charge on any atom is -0.307 e. The summed E-state index contributed by atoms with van der Waals surface area (Å²) in [7, 11) is 0. The van der Waals surface area contributed by atoms with Gasteiger partial charge >= 0.3 is 0 Å². The van der Waals surface area contributed by atoms with Crippen LogP contribution in [0.4, 0.5) is 5.69 Å². The Balaban J connectivity index is 1.98. The van der Waals surface area contributed by atoms with Crippen LogP contribution >= 0.6 is 11.6 Å². The first-order chi connectivity index (χ1) is 9.75. The van der Waals surface area contributed by atoms with E-state index < -0.39 is 0 Å². The van der Waals surface area contributed by atoms with E-state index in [1.54, 1.807) is 4.90 Å². The van der Waals surface area contributed by atoms with Crippen LogP contribution in [-0.2, 0) is 17.9 Å². The van der Waals surface area contributed by atoms with Gasteiger partial charge in [-0.1, -0.05) is 48.0 Å². The molecule has 1 amide bonds. The van der Waals surface area contributed by atoms with Crippen molar-refractivity contribution in [1.29, 1.82) is 0 Å². The third-order valence-corrected chi connectivity index (χ3v) is 3.83. The molecule has 2 aromatic rings. The van der Waals surface area contributed by atoms with E-state index in [2.05, 4.69) is 5.32 Å². The number of rotatable bonds is 2. The fourth-order valence-electron chi connectivity index (χ4n) is 2.43. The topological polar surface area (TPSA) is 32.3 Å². The summed E-state index contributed by atoms with van der Waals surface area (Å²) in [5, 5.41) is 3.85. The summed E-state index contributed by atoms with van der Waals surface area (Å²) in [4.78, 5) is 14.1. The van der Waals surface area contributed by atoms with Gasteiger partial charge < -0.3 is 10.2 Å². The molecule has 1 aliphatic rings. The van der Waals surface area contributed by atoms with Crippen molar-refractivity contribution in [3.63, 3.8) is 0 Å². The second-order valence-electron chi connectivity index (χ2n) is 4.80. The van der Waals surface area contributed by atoms with Gasteiger partial charge in [0.1, 0.15) is 0 Å². The summed E-state index contributed by atoms with van der Waals surface area (Å²) in [6.07, 6.45) is 0. The Hall–Kier alpha value is -1.84. The second-order valence-corrected chi connectivity index (χ2v) is 5.21. The van der Waals surface area contributed by atoms with E-state index in [4.69, 9.17) is 11.6 Å². The molecular weight excluding hydrogens is 272 g/mol. The van der Waals surface area contributed by atoms with Crippen LogP contribution in [0.2, 0.25) is 5.02 Å². The summed E-state index contributed by atoms with van der Waals surface area (Å²) in [6, 6.07) is 15.6. The van der Waals surface area contributed by atoms with Crippen molar-refractivity contribution in [3.8, 4) is 0 Å². The van der Waals surface area contributed by atoms with Crippen molar-refractivity contribution in [2.75, 3.05) is 11.4 Å². The summed E-state index contributed by atoms with van der Waals surface area (Å²) < 4.78 is 0. The molecule has 1 heterocycles. The van der Waals surface area contributed by atoms with Crippen molar-refractivity contribution in [1.82, 2.24) is 5.32 Å². The molecular formula is C16H15ClN2O. The first kappa shape index (κ1) is 13.2. The highest BCUT2D eigenvalue weighted by molar-refractivity contribution is 6.31. The lowest BCUT2D eigenvalue weighted by Crippen LogP contribution is -2.35. The summed E-state index contributed by atoms with van der Waals surface area (Å²) in [6.45, 7) is 1.55. The quantitative estimate of drug-likeness (QED) is 0.920. The maximum absolute atomic E-state index is 12.3. The number of nitrogens with one attached hydrogen (secondary N) is 1. The smallest absolute Gasteiger partial charge is 0.241 e. The van der Waals surface area contributed by atoms with E-state index in [-0.39, 0.29) is 5.91 Å². The molecule has 1 N–H and O–H groups in total. The molecule has 0 bridgehead atoms. The van der Waals surface area contributed by atoms with E-state index in [0.29, 0.717) is 24.7 Å². The van der Waals surface area contributed by atoms with Crippen LogP contribution in [0.1, 0.15) is 11.1 Å². The minimum absolute atomic E-state index is 0.0647. The van der Waals surface area contributed by atoms with Crippen molar-refractivity contribution >= 4 is 23.2 Å². The van der Waals surface area contributed by atoms with Crippen LogP contribution in [0, 0.1) is 0 Å². The maximum atomic E-state index is 12.3. The number of hydrogen-bond donors (Lipinski definition) is 1. The van der Waals surface area contributed by atoms with E-state index in [9.17, 15) is 4.79 Å². The molecule has 4 heteroatoms. The van der Waals surface area contributed by atoms with Crippen LogP contribution < -0.4 is 10.2 Å². The largest absolute Gasteiger partial charge is 0.307 e. The molecule has 0 saturated heterocycles. The van der Waals surface area contributed by atoms with E-state index in [1.165, 1.54) is 0 Å². The van der Waals surface area contributed by atoms with Crippen molar-refractivity contribution < 1.29 is 4.79 Å². The molecule has 1 aliphatic heterocycles. The first-order valence-electron chi connectivity index (χ1n) is 6.58. The Morgan fingerprint density at radius 1 is 1.05 bits per heavy atom. The lowest BCUT2D eigenvalue weighted by Gasteiger charge is -2.23. The number of hydrogen-bond acceptors (Lipinski definition) is 2. The highest BCUT2D eigenvalue weighted by Gasteiger charge is 2.22. The van der Waals surface area contributed by atoms with Gasteiger partial charge in [0.05, 0.1) is 13.1 Å². The highest BCUT2D eigenvalue weighted by Crippen LogP contribution is 2.26. The molecule has 2 aromatic carbocycles. The average Bonchev–Trinajstić information content (AvgIpc) is 2.61. The van der Waals surface area contributed by atoms with Crippen molar-refractivity contribution in [2.45, 2.75) is 13.1 Å². The summed E-state index contributed by atoms with van der Waals surface area (Å²) in [5.74, 6) is 0.0647. The Labute approximate surface area is 123 Å². The summed E-state index contributed by atoms with van der Waals surface area (Å²) >= 11 is 6.21. The van der Waals surface area contributed by atoms with Gasteiger partial charge in [-0.3, -0.25) is 4.79 Å². The molecule has 0 unspecified atom stereocenters. The summed E-state index contributed by atoms with van der Waals surface area (Å²) in [5.41, 5.74) is 3.05. The van der Waals surface area contributed by atoms with Gasteiger partial charge in [-0.2, -0.15) is 0 Å².